The van der Waals surface area contributed by atoms with Crippen molar-refractivity contribution in [3.63, 3.8) is 0 Å². The van der Waals surface area contributed by atoms with E-state index < -0.39 is 0 Å². The number of methoxy groups -OCH3 is 1. The van der Waals surface area contributed by atoms with Gasteiger partial charge in [0.1, 0.15) is 0 Å². The van der Waals surface area contributed by atoms with E-state index >= 15 is 0 Å². The third-order valence-corrected chi connectivity index (χ3v) is 3.01. The highest BCUT2D eigenvalue weighted by Crippen LogP contribution is 2.23. The maximum Gasteiger partial charge on any atom is 0.0973 e. The van der Waals surface area contributed by atoms with E-state index in [0.29, 0.717) is 6.04 Å². The van der Waals surface area contributed by atoms with Crippen LogP contribution in [-0.2, 0) is 4.74 Å². The average Bonchev–Trinajstić information content (AvgIpc) is 2.30. The Balaban J connectivity index is 2.80. The third kappa shape index (κ3) is 3.05. The fourth-order valence-electron chi connectivity index (χ4n) is 1.77. The number of benzene rings is 1. The van der Waals surface area contributed by atoms with Crippen LogP contribution < -0.4 is 0 Å². The van der Waals surface area contributed by atoms with Crippen molar-refractivity contribution >= 4 is 0 Å². The zero-order valence-electron chi connectivity index (χ0n) is 10.1. The number of likely N-dealkylation sites (N-methyl/N-ethyl adjacent to an activating group) is 1. The predicted molar refractivity (Wildman–Crippen MR) is 64.0 cm³/mol. The average molecular weight is 207 g/mol. The van der Waals surface area contributed by atoms with Crippen LogP contribution in [0.25, 0.3) is 0 Å². The van der Waals surface area contributed by atoms with E-state index in [1.54, 1.807) is 7.11 Å². The molecule has 0 aliphatic carbocycles. The summed E-state index contributed by atoms with van der Waals surface area (Å²) in [5, 5.41) is 0. The minimum absolute atomic E-state index is 0.149. The first-order valence-electron chi connectivity index (χ1n) is 5.48. The molecule has 0 radical (unpaired) electrons. The Hall–Kier alpha value is -0.860. The molecular weight excluding hydrogens is 186 g/mol. The molecule has 1 rings (SSSR count). The molecule has 2 heteroatoms. The zero-order chi connectivity index (χ0) is 11.3. The summed E-state index contributed by atoms with van der Waals surface area (Å²) in [4.78, 5) is 2.29. The van der Waals surface area contributed by atoms with Gasteiger partial charge in [-0.1, -0.05) is 37.3 Å². The first kappa shape index (κ1) is 12.2. The van der Waals surface area contributed by atoms with E-state index in [4.69, 9.17) is 4.74 Å². The van der Waals surface area contributed by atoms with Gasteiger partial charge in [-0.25, -0.2) is 0 Å². The van der Waals surface area contributed by atoms with Crippen LogP contribution in [0.5, 0.6) is 0 Å². The zero-order valence-corrected chi connectivity index (χ0v) is 10.1. The quantitative estimate of drug-likeness (QED) is 0.736. The summed E-state index contributed by atoms with van der Waals surface area (Å²) >= 11 is 0. The van der Waals surface area contributed by atoms with Crippen molar-refractivity contribution < 1.29 is 4.74 Å². The molecule has 0 saturated carbocycles. The van der Waals surface area contributed by atoms with Crippen molar-refractivity contribution in [1.29, 1.82) is 0 Å². The molecule has 0 saturated heterocycles. The fraction of sp³-hybridized carbons (Fsp3) is 0.538. The second kappa shape index (κ2) is 5.89. The number of ether oxygens (including phenoxy) is 1. The van der Waals surface area contributed by atoms with Crippen molar-refractivity contribution in [3.05, 3.63) is 35.9 Å². The predicted octanol–water partition coefficient (Wildman–Crippen LogP) is 2.71. The summed E-state index contributed by atoms with van der Waals surface area (Å²) in [5.74, 6) is 0. The number of hydrogen-bond acceptors (Lipinski definition) is 2. The van der Waals surface area contributed by atoms with Crippen LogP contribution in [0.15, 0.2) is 30.3 Å². The van der Waals surface area contributed by atoms with E-state index in [1.807, 2.05) is 6.07 Å². The van der Waals surface area contributed by atoms with Crippen LogP contribution >= 0.6 is 0 Å². The maximum atomic E-state index is 5.58. The Morgan fingerprint density at radius 1 is 1.27 bits per heavy atom. The van der Waals surface area contributed by atoms with E-state index in [1.165, 1.54) is 5.56 Å². The molecule has 0 aliphatic rings. The highest BCUT2D eigenvalue weighted by atomic mass is 16.5. The standard InChI is InChI=1S/C13H21NO/c1-5-14(3)11(2)13(15-4)12-9-7-6-8-10-12/h6-11,13H,5H2,1-4H3. The largest absolute Gasteiger partial charge is 0.375 e. The SMILES string of the molecule is CCN(C)C(C)C(OC)c1ccccc1. The van der Waals surface area contributed by atoms with Gasteiger partial charge in [0.15, 0.2) is 0 Å². The van der Waals surface area contributed by atoms with Crippen LogP contribution in [-0.4, -0.2) is 31.6 Å². The summed E-state index contributed by atoms with van der Waals surface area (Å²) in [5.41, 5.74) is 1.24. The van der Waals surface area contributed by atoms with Crippen molar-refractivity contribution in [2.24, 2.45) is 0 Å². The molecule has 2 nitrogen and oxygen atoms in total. The van der Waals surface area contributed by atoms with Crippen LogP contribution in [0.2, 0.25) is 0 Å². The lowest BCUT2D eigenvalue weighted by Gasteiger charge is -2.30. The van der Waals surface area contributed by atoms with Crippen LogP contribution in [0.3, 0.4) is 0 Å². The first-order chi connectivity index (χ1) is 7.20. The van der Waals surface area contributed by atoms with Gasteiger partial charge in [-0.2, -0.15) is 0 Å². The Morgan fingerprint density at radius 2 is 1.87 bits per heavy atom. The molecule has 0 N–H and O–H groups in total. The molecule has 2 unspecified atom stereocenters. The summed E-state index contributed by atoms with van der Waals surface area (Å²) in [6.07, 6.45) is 0.149. The number of hydrogen-bond donors (Lipinski definition) is 0. The number of nitrogens with zero attached hydrogens (tertiary/aromatic N) is 1. The van der Waals surface area contributed by atoms with Crippen LogP contribution in [0.1, 0.15) is 25.5 Å². The highest BCUT2D eigenvalue weighted by Gasteiger charge is 2.21. The van der Waals surface area contributed by atoms with Crippen molar-refractivity contribution in [3.8, 4) is 0 Å². The topological polar surface area (TPSA) is 12.5 Å². The van der Waals surface area contributed by atoms with Gasteiger partial charge >= 0.3 is 0 Å². The van der Waals surface area contributed by atoms with Gasteiger partial charge in [0.2, 0.25) is 0 Å². The highest BCUT2D eigenvalue weighted by molar-refractivity contribution is 5.19. The number of rotatable bonds is 5. The van der Waals surface area contributed by atoms with Gasteiger partial charge in [0.05, 0.1) is 6.10 Å². The minimum Gasteiger partial charge on any atom is -0.375 e. The molecule has 0 amide bonds. The van der Waals surface area contributed by atoms with Crippen molar-refractivity contribution in [2.45, 2.75) is 26.0 Å². The molecule has 0 aromatic heterocycles. The summed E-state index contributed by atoms with van der Waals surface area (Å²) in [6.45, 7) is 5.40. The van der Waals surface area contributed by atoms with Gasteiger partial charge in [-0.05, 0) is 26.1 Å². The molecule has 0 aliphatic heterocycles. The molecule has 2 atom stereocenters. The first-order valence-corrected chi connectivity index (χ1v) is 5.48. The molecular formula is C13H21NO. The molecule has 0 heterocycles. The van der Waals surface area contributed by atoms with Gasteiger partial charge < -0.3 is 9.64 Å². The molecule has 0 bridgehead atoms. The lowest BCUT2D eigenvalue weighted by atomic mass is 10.0. The molecule has 84 valence electrons. The summed E-state index contributed by atoms with van der Waals surface area (Å²) < 4.78 is 5.58. The smallest absolute Gasteiger partial charge is 0.0973 e. The Morgan fingerprint density at radius 3 is 2.33 bits per heavy atom. The van der Waals surface area contributed by atoms with Gasteiger partial charge in [0.25, 0.3) is 0 Å². The second-order valence-electron chi connectivity index (χ2n) is 3.88. The Labute approximate surface area is 92.9 Å². The van der Waals surface area contributed by atoms with Gasteiger partial charge in [-0.3, -0.25) is 0 Å². The van der Waals surface area contributed by atoms with Gasteiger partial charge in [0, 0.05) is 13.2 Å². The lowest BCUT2D eigenvalue weighted by Crippen LogP contribution is -2.35. The Bertz CT molecular complexity index is 273. The minimum atomic E-state index is 0.149. The third-order valence-electron chi connectivity index (χ3n) is 3.01. The van der Waals surface area contributed by atoms with Crippen LogP contribution in [0.4, 0.5) is 0 Å². The molecule has 0 spiro atoms. The fourth-order valence-corrected chi connectivity index (χ4v) is 1.77. The van der Waals surface area contributed by atoms with E-state index in [2.05, 4.69) is 50.1 Å². The van der Waals surface area contributed by atoms with Crippen molar-refractivity contribution in [2.75, 3.05) is 20.7 Å². The summed E-state index contributed by atoms with van der Waals surface area (Å²) in [7, 11) is 3.90. The van der Waals surface area contributed by atoms with Crippen molar-refractivity contribution in [1.82, 2.24) is 4.90 Å². The maximum absolute atomic E-state index is 5.58. The molecule has 1 aromatic rings. The second-order valence-corrected chi connectivity index (χ2v) is 3.88. The normalized spacial score (nSPS) is 15.3. The Kier molecular flexibility index (Phi) is 4.79. The summed E-state index contributed by atoms with van der Waals surface area (Å²) in [6, 6.07) is 10.8. The van der Waals surface area contributed by atoms with Crippen LogP contribution in [0, 0.1) is 0 Å². The molecule has 15 heavy (non-hydrogen) atoms. The van der Waals surface area contributed by atoms with E-state index in [-0.39, 0.29) is 6.10 Å². The monoisotopic (exact) mass is 207 g/mol. The van der Waals surface area contributed by atoms with E-state index in [0.717, 1.165) is 6.54 Å². The molecule has 1 aromatic carbocycles. The van der Waals surface area contributed by atoms with E-state index in [9.17, 15) is 0 Å². The lowest BCUT2D eigenvalue weighted by molar-refractivity contribution is 0.0319. The molecule has 0 fully saturated rings. The van der Waals surface area contributed by atoms with Gasteiger partial charge in [-0.15, -0.1) is 0 Å².